The molecule has 0 radical (unpaired) electrons. The maximum Gasteiger partial charge on any atom is 0.421 e. The van der Waals surface area contributed by atoms with E-state index in [1.54, 1.807) is 13.8 Å². The highest BCUT2D eigenvalue weighted by atomic mass is 31.2. The summed E-state index contributed by atoms with van der Waals surface area (Å²) in [4.78, 5) is 45.4. The molecule has 4 rings (SSSR count). The first-order valence-corrected chi connectivity index (χ1v) is 13.4. The van der Waals surface area contributed by atoms with Crippen molar-refractivity contribution >= 4 is 31.0 Å². The number of fused-ring (bicyclic) bond motifs is 1. The fourth-order valence-corrected chi connectivity index (χ4v) is 5.92. The van der Waals surface area contributed by atoms with Crippen LogP contribution in [0.4, 0.5) is 30.6 Å². The summed E-state index contributed by atoms with van der Waals surface area (Å²) in [5.41, 5.74) is -0.495. The van der Waals surface area contributed by atoms with Gasteiger partial charge in [-0.1, -0.05) is 26.0 Å². The molecule has 11 nitrogen and oxygen atoms in total. The SMILES string of the molecule is CCC(CC)(c1ccc(Nc2ncc(C(F)(F)F)c(N=c3c4c(ccn3O)CN(C)C4=O)n2)cc1)P(=O)(O)O. The minimum absolute atomic E-state index is 0.0419. The number of alkyl halides is 3. The second-order valence-corrected chi connectivity index (χ2v) is 11.0. The summed E-state index contributed by atoms with van der Waals surface area (Å²) in [5, 5.41) is 11.7. The van der Waals surface area contributed by atoms with Crippen molar-refractivity contribution in [1.29, 1.82) is 0 Å². The average molecular weight is 566 g/mol. The summed E-state index contributed by atoms with van der Waals surface area (Å²) in [7, 11) is -2.99. The molecule has 1 amide bonds. The van der Waals surface area contributed by atoms with Gasteiger partial charge in [0.1, 0.15) is 5.56 Å². The number of aromatic nitrogens is 3. The Morgan fingerprint density at radius 1 is 1.13 bits per heavy atom. The van der Waals surface area contributed by atoms with E-state index in [4.69, 9.17) is 0 Å². The molecule has 0 saturated carbocycles. The van der Waals surface area contributed by atoms with Crippen molar-refractivity contribution < 1.29 is 37.5 Å². The van der Waals surface area contributed by atoms with E-state index >= 15 is 0 Å². The Hall–Kier alpha value is -3.74. The van der Waals surface area contributed by atoms with Crippen molar-refractivity contribution in [2.24, 2.45) is 4.99 Å². The molecule has 4 N–H and O–H groups in total. The molecule has 39 heavy (non-hydrogen) atoms. The van der Waals surface area contributed by atoms with Crippen LogP contribution in [0.25, 0.3) is 0 Å². The van der Waals surface area contributed by atoms with Gasteiger partial charge in [-0.25, -0.2) is 9.98 Å². The molecule has 0 fully saturated rings. The van der Waals surface area contributed by atoms with E-state index in [0.717, 1.165) is 0 Å². The zero-order valence-electron chi connectivity index (χ0n) is 21.1. The number of rotatable bonds is 7. The van der Waals surface area contributed by atoms with Crippen LogP contribution in [0, 0.1) is 0 Å². The third kappa shape index (κ3) is 5.14. The largest absolute Gasteiger partial charge is 0.427 e. The predicted molar refractivity (Wildman–Crippen MR) is 134 cm³/mol. The average Bonchev–Trinajstić information content (AvgIpc) is 3.15. The highest BCUT2D eigenvalue weighted by Crippen LogP contribution is 2.60. The molecule has 3 heterocycles. The minimum Gasteiger partial charge on any atom is -0.427 e. The van der Waals surface area contributed by atoms with Gasteiger partial charge in [-0.05, 0) is 42.2 Å². The lowest BCUT2D eigenvalue weighted by Crippen LogP contribution is -2.28. The zero-order valence-corrected chi connectivity index (χ0v) is 22.0. The molecular weight excluding hydrogens is 540 g/mol. The molecule has 1 aromatic carbocycles. The quantitative estimate of drug-likeness (QED) is 0.244. The molecule has 0 bridgehead atoms. The molecule has 0 aliphatic carbocycles. The van der Waals surface area contributed by atoms with E-state index < -0.39 is 41.7 Å². The van der Waals surface area contributed by atoms with Crippen LogP contribution in [0.2, 0.25) is 0 Å². The highest BCUT2D eigenvalue weighted by molar-refractivity contribution is 7.53. The first kappa shape index (κ1) is 28.3. The molecule has 1 aliphatic rings. The number of benzene rings is 1. The predicted octanol–water partition coefficient (Wildman–Crippen LogP) is 4.29. The first-order chi connectivity index (χ1) is 18.2. The fraction of sp³-hybridized carbons (Fsp3) is 0.333. The third-order valence-corrected chi connectivity index (χ3v) is 8.84. The Balaban J connectivity index is 1.77. The van der Waals surface area contributed by atoms with E-state index in [1.165, 1.54) is 48.5 Å². The normalized spacial score (nSPS) is 14.6. The summed E-state index contributed by atoms with van der Waals surface area (Å²) in [5.74, 6) is -1.60. The van der Waals surface area contributed by atoms with E-state index in [0.29, 0.717) is 27.7 Å². The number of hydrogen-bond acceptors (Lipinski definition) is 7. The van der Waals surface area contributed by atoms with E-state index in [1.807, 2.05) is 0 Å². The molecule has 1 aliphatic heterocycles. The highest BCUT2D eigenvalue weighted by Gasteiger charge is 2.45. The van der Waals surface area contributed by atoms with Gasteiger partial charge in [0.25, 0.3) is 5.91 Å². The van der Waals surface area contributed by atoms with Crippen LogP contribution in [0.3, 0.4) is 0 Å². The smallest absolute Gasteiger partial charge is 0.421 e. The van der Waals surface area contributed by atoms with E-state index in [2.05, 4.69) is 20.3 Å². The van der Waals surface area contributed by atoms with E-state index in [-0.39, 0.29) is 30.9 Å². The van der Waals surface area contributed by atoms with Crippen molar-refractivity contribution in [2.75, 3.05) is 12.4 Å². The van der Waals surface area contributed by atoms with Crippen molar-refractivity contribution in [2.45, 2.75) is 44.6 Å². The number of carbonyl (C=O) groups excluding carboxylic acids is 1. The number of halogens is 3. The van der Waals surface area contributed by atoms with Crippen LogP contribution in [-0.4, -0.2) is 47.5 Å². The van der Waals surface area contributed by atoms with Crippen molar-refractivity contribution in [3.05, 3.63) is 70.5 Å². The van der Waals surface area contributed by atoms with Gasteiger partial charge < -0.3 is 25.2 Å². The lowest BCUT2D eigenvalue weighted by atomic mass is 9.92. The number of hydrogen-bond donors (Lipinski definition) is 4. The molecule has 0 saturated heterocycles. The number of carbonyl (C=O) groups is 1. The van der Waals surface area contributed by atoms with Crippen LogP contribution in [0.15, 0.2) is 47.7 Å². The summed E-state index contributed by atoms with van der Waals surface area (Å²) in [6.07, 6.45) is -2.79. The van der Waals surface area contributed by atoms with Crippen LogP contribution in [-0.2, 0) is 22.4 Å². The Morgan fingerprint density at radius 2 is 1.77 bits per heavy atom. The van der Waals surface area contributed by atoms with Crippen LogP contribution in [0.1, 0.15) is 53.7 Å². The molecule has 15 heteroatoms. The van der Waals surface area contributed by atoms with Gasteiger partial charge in [0.15, 0.2) is 11.3 Å². The summed E-state index contributed by atoms with van der Waals surface area (Å²) >= 11 is 0. The van der Waals surface area contributed by atoms with Crippen LogP contribution < -0.4 is 10.8 Å². The molecular formula is C24H26F3N6O5P. The topological polar surface area (TPSA) is 153 Å². The van der Waals surface area contributed by atoms with Gasteiger partial charge in [-0.2, -0.15) is 22.9 Å². The molecule has 0 atom stereocenters. The molecule has 208 valence electrons. The Kier molecular flexibility index (Phi) is 7.32. The van der Waals surface area contributed by atoms with Gasteiger partial charge in [0.05, 0.1) is 10.7 Å². The van der Waals surface area contributed by atoms with Crippen molar-refractivity contribution in [3.63, 3.8) is 0 Å². The summed E-state index contributed by atoms with van der Waals surface area (Å²) in [6.45, 7) is 3.56. The standard InChI is InChI=1S/C24H26F3N6O5P/c1-4-23(5-2,39(36,37)38)15-6-8-16(9-7-15)29-22-28-12-17(24(25,26)27)19(31-22)30-20-18-14(10-11-33(20)35)13-32(3)21(18)34/h6-12,35H,4-5,13H2,1-3H3,(H,28,29,31)(H2,36,37,38). The van der Waals surface area contributed by atoms with Gasteiger partial charge in [0, 0.05) is 31.7 Å². The summed E-state index contributed by atoms with van der Waals surface area (Å²) in [6, 6.07) is 7.52. The first-order valence-electron chi connectivity index (χ1n) is 11.8. The van der Waals surface area contributed by atoms with Crippen LogP contribution in [0.5, 0.6) is 0 Å². The lowest BCUT2D eigenvalue weighted by Gasteiger charge is -2.33. The Morgan fingerprint density at radius 3 is 2.33 bits per heavy atom. The number of amides is 1. The van der Waals surface area contributed by atoms with Gasteiger partial charge in [-0.15, -0.1) is 0 Å². The van der Waals surface area contributed by atoms with Gasteiger partial charge >= 0.3 is 13.8 Å². The molecule has 0 spiro atoms. The van der Waals surface area contributed by atoms with E-state index in [9.17, 15) is 37.5 Å². The maximum absolute atomic E-state index is 13.8. The van der Waals surface area contributed by atoms with Gasteiger partial charge in [0.2, 0.25) is 5.95 Å². The molecule has 0 unspecified atom stereocenters. The molecule has 2 aromatic heterocycles. The number of pyridine rings is 1. The second-order valence-electron chi connectivity index (χ2n) is 9.07. The number of anilines is 2. The minimum atomic E-state index is -4.88. The zero-order chi connectivity index (χ0) is 28.8. The van der Waals surface area contributed by atoms with Crippen molar-refractivity contribution in [3.8, 4) is 0 Å². The maximum atomic E-state index is 13.8. The Bertz CT molecular complexity index is 1530. The van der Waals surface area contributed by atoms with Gasteiger partial charge in [-0.3, -0.25) is 9.36 Å². The summed E-state index contributed by atoms with van der Waals surface area (Å²) < 4.78 is 54.0. The molecule has 3 aromatic rings. The monoisotopic (exact) mass is 566 g/mol. The van der Waals surface area contributed by atoms with Crippen LogP contribution >= 0.6 is 7.60 Å². The third-order valence-electron chi connectivity index (χ3n) is 6.84. The number of nitrogens with one attached hydrogen (secondary N) is 1. The fourth-order valence-electron chi connectivity index (χ4n) is 4.61. The van der Waals surface area contributed by atoms with Crippen molar-refractivity contribution in [1.82, 2.24) is 19.6 Å². The Labute approximate surface area is 220 Å². The lowest BCUT2D eigenvalue weighted by molar-refractivity contribution is -0.137. The number of nitrogens with zero attached hydrogens (tertiary/aromatic N) is 5. The second kappa shape index (κ2) is 10.1.